The molecule has 0 fully saturated rings. The Hall–Kier alpha value is 0.360. The molecule has 4 heteroatoms. The molecule has 13 heavy (non-hydrogen) atoms. The largest absolute Gasteiger partial charge is 0.199 e. The molecule has 0 aliphatic carbocycles. The zero-order chi connectivity index (χ0) is 11.1. The first-order chi connectivity index (χ1) is 6.06. The molecule has 80 valence electrons. The Kier molecular flexibility index (Phi) is 33.4. The van der Waals surface area contributed by atoms with E-state index in [4.69, 9.17) is 40.1 Å². The van der Waals surface area contributed by atoms with Crippen molar-refractivity contribution in [1.82, 2.24) is 0 Å². The average molecular weight is 247 g/mol. The lowest BCUT2D eigenvalue weighted by Gasteiger charge is -1.86. The Morgan fingerprint density at radius 2 is 1.23 bits per heavy atom. The summed E-state index contributed by atoms with van der Waals surface area (Å²) in [7, 11) is 0. The maximum Gasteiger partial charge on any atom is 0.180 e. The summed E-state index contributed by atoms with van der Waals surface area (Å²) in [5.74, 6) is 0. The molecule has 1 nitrogen and oxygen atoms in total. The first-order valence-corrected chi connectivity index (χ1v) is 5.60. The predicted molar refractivity (Wildman–Crippen MR) is 62.5 cm³/mol. The highest BCUT2D eigenvalue weighted by molar-refractivity contribution is 6.63. The van der Waals surface area contributed by atoms with Gasteiger partial charge >= 0.3 is 0 Å². The van der Waals surface area contributed by atoms with Crippen LogP contribution < -0.4 is 0 Å². The standard InChI is InChI=1S/C6H14.C2H3N.CHCl3/c1-3-5-6-4-2;1-2-3;2-1(3)4/h3-6H2,1-2H3;1H3;1H. The van der Waals surface area contributed by atoms with Crippen LogP contribution >= 0.6 is 34.8 Å². The van der Waals surface area contributed by atoms with Gasteiger partial charge in [-0.25, -0.2) is 0 Å². The Morgan fingerprint density at radius 3 is 1.31 bits per heavy atom. The summed E-state index contributed by atoms with van der Waals surface area (Å²) in [5.41, 5.74) is 0. The number of nitrogens with zero attached hydrogens (tertiary/aromatic N) is 1. The van der Waals surface area contributed by atoms with E-state index in [0.717, 1.165) is 0 Å². The number of alkyl halides is 3. The van der Waals surface area contributed by atoms with Crippen molar-refractivity contribution in [3.63, 3.8) is 0 Å². The lowest BCUT2D eigenvalue weighted by Crippen LogP contribution is -1.66. The Balaban J connectivity index is -0.000000125. The second-order valence-corrected chi connectivity index (χ2v) is 4.16. The molecule has 0 aromatic rings. The van der Waals surface area contributed by atoms with Crippen LogP contribution in [-0.2, 0) is 0 Å². The van der Waals surface area contributed by atoms with Crippen molar-refractivity contribution in [3.05, 3.63) is 0 Å². The quantitative estimate of drug-likeness (QED) is 0.502. The van der Waals surface area contributed by atoms with Gasteiger partial charge in [-0.3, -0.25) is 0 Å². The predicted octanol–water partition coefficient (Wildman–Crippen LogP) is 5.10. The highest BCUT2D eigenvalue weighted by Gasteiger charge is 1.79. The topological polar surface area (TPSA) is 23.8 Å². The fraction of sp³-hybridized carbons (Fsp3) is 0.889. The molecule has 0 amide bonds. The van der Waals surface area contributed by atoms with Crippen molar-refractivity contribution in [2.24, 2.45) is 0 Å². The number of rotatable bonds is 3. The second kappa shape index (κ2) is 22.8. The number of unbranched alkanes of at least 4 members (excludes halogenated alkanes) is 3. The summed E-state index contributed by atoms with van der Waals surface area (Å²) in [4.78, 5) is 0. The zero-order valence-electron chi connectivity index (χ0n) is 8.49. The van der Waals surface area contributed by atoms with Crippen LogP contribution in [0, 0.1) is 11.3 Å². The lowest BCUT2D eigenvalue weighted by molar-refractivity contribution is 0.702. The Labute approximate surface area is 97.0 Å². The highest BCUT2D eigenvalue weighted by atomic mass is 35.6. The molecule has 0 unspecified atom stereocenters. The van der Waals surface area contributed by atoms with Crippen LogP contribution in [0.3, 0.4) is 0 Å². The molecular formula is C9H18Cl3N. The Bertz CT molecular complexity index is 92.8. The minimum Gasteiger partial charge on any atom is -0.199 e. The van der Waals surface area contributed by atoms with Gasteiger partial charge in [-0.1, -0.05) is 74.3 Å². The summed E-state index contributed by atoms with van der Waals surface area (Å²) in [5, 5.41) is 7.32. The van der Waals surface area contributed by atoms with Crippen LogP contribution in [0.25, 0.3) is 0 Å². The lowest BCUT2D eigenvalue weighted by atomic mass is 10.2. The van der Waals surface area contributed by atoms with E-state index < -0.39 is 4.30 Å². The Morgan fingerprint density at radius 1 is 1.08 bits per heavy atom. The third-order valence-electron chi connectivity index (χ3n) is 0.957. The van der Waals surface area contributed by atoms with Crippen molar-refractivity contribution in [3.8, 4) is 6.07 Å². The van der Waals surface area contributed by atoms with Crippen LogP contribution in [0.4, 0.5) is 0 Å². The van der Waals surface area contributed by atoms with Gasteiger partial charge in [0.15, 0.2) is 4.30 Å². The molecule has 0 atom stereocenters. The van der Waals surface area contributed by atoms with Crippen molar-refractivity contribution >= 4 is 34.8 Å². The van der Waals surface area contributed by atoms with Gasteiger partial charge < -0.3 is 0 Å². The van der Waals surface area contributed by atoms with Gasteiger partial charge in [-0.15, -0.1) is 0 Å². The summed E-state index contributed by atoms with van der Waals surface area (Å²) < 4.78 is -0.750. The van der Waals surface area contributed by atoms with E-state index in [0.29, 0.717) is 0 Å². The third-order valence-corrected chi connectivity index (χ3v) is 0.957. The fourth-order valence-corrected chi connectivity index (χ4v) is 0.500. The summed E-state index contributed by atoms with van der Waals surface area (Å²) in [6.07, 6.45) is 5.54. The van der Waals surface area contributed by atoms with Crippen molar-refractivity contribution in [2.45, 2.75) is 50.7 Å². The van der Waals surface area contributed by atoms with Crippen molar-refractivity contribution < 1.29 is 0 Å². The van der Waals surface area contributed by atoms with Crippen molar-refractivity contribution in [2.75, 3.05) is 0 Å². The summed E-state index contributed by atoms with van der Waals surface area (Å²) >= 11 is 14.4. The maximum absolute atomic E-state index is 7.32. The molecule has 0 rings (SSSR count). The first kappa shape index (κ1) is 19.0. The van der Waals surface area contributed by atoms with E-state index in [9.17, 15) is 0 Å². The smallest absolute Gasteiger partial charge is 0.180 e. The first-order valence-electron chi connectivity index (χ1n) is 4.29. The molecule has 0 aromatic heterocycles. The molecule has 0 radical (unpaired) electrons. The van der Waals surface area contributed by atoms with Gasteiger partial charge in [0.1, 0.15) is 0 Å². The summed E-state index contributed by atoms with van der Waals surface area (Å²) in [6, 6.07) is 1.75. The second-order valence-electron chi connectivity index (χ2n) is 2.18. The molecule has 0 bridgehead atoms. The van der Waals surface area contributed by atoms with E-state index in [-0.39, 0.29) is 0 Å². The fourth-order valence-electron chi connectivity index (χ4n) is 0.500. The number of hydrogen-bond acceptors (Lipinski definition) is 1. The molecule has 0 spiro atoms. The average Bonchev–Trinajstić information content (AvgIpc) is 2.01. The van der Waals surface area contributed by atoms with Gasteiger partial charge in [-0.05, 0) is 0 Å². The van der Waals surface area contributed by atoms with Gasteiger partial charge in [0, 0.05) is 6.92 Å². The molecule has 0 heterocycles. The number of hydrogen-bond donors (Lipinski definition) is 0. The normalized spacial score (nSPS) is 7.54. The maximum atomic E-state index is 7.32. The molecular weight excluding hydrogens is 228 g/mol. The van der Waals surface area contributed by atoms with Crippen LogP contribution in [-0.4, -0.2) is 4.30 Å². The molecule has 0 aromatic carbocycles. The van der Waals surface area contributed by atoms with Crippen LogP contribution in [0.2, 0.25) is 0 Å². The molecule has 0 saturated heterocycles. The molecule has 0 saturated carbocycles. The van der Waals surface area contributed by atoms with E-state index in [1.54, 1.807) is 6.07 Å². The zero-order valence-corrected chi connectivity index (χ0v) is 10.8. The van der Waals surface area contributed by atoms with E-state index in [1.807, 2.05) is 0 Å². The van der Waals surface area contributed by atoms with E-state index >= 15 is 0 Å². The van der Waals surface area contributed by atoms with Crippen LogP contribution in [0.15, 0.2) is 0 Å². The number of nitriles is 1. The van der Waals surface area contributed by atoms with Crippen LogP contribution in [0.1, 0.15) is 46.5 Å². The van der Waals surface area contributed by atoms with Gasteiger partial charge in [0.25, 0.3) is 0 Å². The van der Waals surface area contributed by atoms with Crippen molar-refractivity contribution in [1.29, 1.82) is 5.26 Å². The SMILES string of the molecule is CC#N.CCCCCC.ClC(Cl)Cl. The minimum absolute atomic E-state index is 0.750. The number of halogens is 3. The third kappa shape index (κ3) is 118. The van der Waals surface area contributed by atoms with Gasteiger partial charge in [-0.2, -0.15) is 5.26 Å². The van der Waals surface area contributed by atoms with Gasteiger partial charge in [0.05, 0.1) is 6.07 Å². The van der Waals surface area contributed by atoms with E-state index in [1.165, 1.54) is 32.6 Å². The molecule has 0 aliphatic rings. The monoisotopic (exact) mass is 245 g/mol. The molecule has 0 aliphatic heterocycles. The highest BCUT2D eigenvalue weighted by Crippen LogP contribution is 2.03. The van der Waals surface area contributed by atoms with E-state index in [2.05, 4.69) is 13.8 Å². The van der Waals surface area contributed by atoms with Gasteiger partial charge in [0.2, 0.25) is 0 Å². The minimum atomic E-state index is -0.750. The summed E-state index contributed by atoms with van der Waals surface area (Å²) in [6.45, 7) is 5.89. The molecule has 0 N–H and O–H groups in total. The van der Waals surface area contributed by atoms with Crippen LogP contribution in [0.5, 0.6) is 0 Å².